The van der Waals surface area contributed by atoms with Crippen LogP contribution < -0.4 is 0 Å². The van der Waals surface area contributed by atoms with Crippen LogP contribution >= 0.6 is 0 Å². The molecule has 0 aliphatic heterocycles. The standard InChI is InChI=1S/C3H5O.C3H7.Mg/c1-2-3-4;1-3-2;/h2H2,1H3;1,3H2,2H3;/q2*-1;+2. The van der Waals surface area contributed by atoms with Crippen LogP contribution in [0.5, 0.6) is 0 Å². The molecule has 0 radical (unpaired) electrons. The Balaban J connectivity index is -0.0000000575. The predicted molar refractivity (Wildman–Crippen MR) is 37.4 cm³/mol. The second kappa shape index (κ2) is 26.1. The van der Waals surface area contributed by atoms with Crippen LogP contribution in [0, 0.1) is 6.92 Å². The molecular formula is C6H12MgO. The summed E-state index contributed by atoms with van der Waals surface area (Å²) in [7, 11) is 0. The van der Waals surface area contributed by atoms with E-state index in [9.17, 15) is 0 Å². The molecule has 0 saturated heterocycles. The molecule has 2 heteroatoms. The zero-order chi connectivity index (χ0) is 6.12. The van der Waals surface area contributed by atoms with E-state index in [1.54, 1.807) is 13.2 Å². The number of hydrogen-bond acceptors (Lipinski definition) is 1. The Hall–Kier alpha value is 0.436. The molecule has 0 fully saturated rings. The maximum absolute atomic E-state index is 9.05. The van der Waals surface area contributed by atoms with Crippen LogP contribution in [0.3, 0.4) is 0 Å². The van der Waals surface area contributed by atoms with Gasteiger partial charge in [0, 0.05) is 0 Å². The van der Waals surface area contributed by atoms with Crippen molar-refractivity contribution in [3.05, 3.63) is 6.92 Å². The Kier molecular flexibility index (Phi) is 51.5. The Bertz CT molecular complexity index is 29.7. The second-order valence-electron chi connectivity index (χ2n) is 0.998. The summed E-state index contributed by atoms with van der Waals surface area (Å²) in [6.07, 6.45) is 3.19. The molecule has 0 aromatic carbocycles. The molecule has 44 valence electrons. The third kappa shape index (κ3) is 92.2. The molecule has 1 nitrogen and oxygen atoms in total. The molecular weight excluding hydrogens is 112 g/mol. The SMILES string of the molecule is CC[C-]=O.[CH2-]CC.[Mg+2]. The number of hydrogen-bond donors (Lipinski definition) is 0. The Morgan fingerprint density at radius 1 is 1.50 bits per heavy atom. The van der Waals surface area contributed by atoms with E-state index in [-0.39, 0.29) is 23.1 Å². The summed E-state index contributed by atoms with van der Waals surface area (Å²) >= 11 is 0. The van der Waals surface area contributed by atoms with Gasteiger partial charge in [-0.3, -0.25) is 6.29 Å². The summed E-state index contributed by atoms with van der Waals surface area (Å²) in [6, 6.07) is 0. The molecule has 0 rings (SSSR count). The Morgan fingerprint density at radius 3 is 1.62 bits per heavy atom. The Morgan fingerprint density at radius 2 is 1.62 bits per heavy atom. The fourth-order valence-electron chi connectivity index (χ4n) is 0. The van der Waals surface area contributed by atoms with Crippen molar-refractivity contribution >= 4 is 29.3 Å². The van der Waals surface area contributed by atoms with Crippen LogP contribution in [0.1, 0.15) is 26.7 Å². The zero-order valence-corrected chi connectivity index (χ0v) is 7.15. The van der Waals surface area contributed by atoms with Crippen molar-refractivity contribution in [2.24, 2.45) is 0 Å². The van der Waals surface area contributed by atoms with Gasteiger partial charge in [0.25, 0.3) is 0 Å². The number of carbonyl (C=O) groups excluding carboxylic acids is 1. The maximum Gasteiger partial charge on any atom is 2.00 e. The van der Waals surface area contributed by atoms with Gasteiger partial charge < -0.3 is 11.7 Å². The first-order chi connectivity index (χ1) is 3.33. The average Bonchev–Trinajstić information content (AvgIpc) is 1.69. The van der Waals surface area contributed by atoms with Crippen LogP contribution in [0.15, 0.2) is 0 Å². The largest absolute Gasteiger partial charge is 2.00 e. The summed E-state index contributed by atoms with van der Waals surface area (Å²) in [6.45, 7) is 7.26. The van der Waals surface area contributed by atoms with Crippen LogP contribution in [-0.2, 0) is 4.79 Å². The summed E-state index contributed by atoms with van der Waals surface area (Å²) in [5.74, 6) is 0. The molecule has 0 atom stereocenters. The molecule has 8 heavy (non-hydrogen) atoms. The van der Waals surface area contributed by atoms with Crippen LogP contribution in [-0.4, -0.2) is 29.3 Å². The van der Waals surface area contributed by atoms with Crippen LogP contribution in [0.25, 0.3) is 0 Å². The molecule has 0 aromatic heterocycles. The van der Waals surface area contributed by atoms with Crippen molar-refractivity contribution in [1.82, 2.24) is 0 Å². The second-order valence-corrected chi connectivity index (χ2v) is 0.998. The first-order valence-corrected chi connectivity index (χ1v) is 2.47. The Labute approximate surface area is 68.0 Å². The normalized spacial score (nSPS) is 5.38. The summed E-state index contributed by atoms with van der Waals surface area (Å²) < 4.78 is 0. The first kappa shape index (κ1) is 15.8. The van der Waals surface area contributed by atoms with Gasteiger partial charge in [-0.05, 0) is 0 Å². The maximum atomic E-state index is 9.05. The van der Waals surface area contributed by atoms with Gasteiger partial charge >= 0.3 is 23.1 Å². The molecule has 0 unspecified atom stereocenters. The average molecular weight is 124 g/mol. The fourth-order valence-corrected chi connectivity index (χ4v) is 0. The van der Waals surface area contributed by atoms with Crippen LogP contribution in [0.2, 0.25) is 0 Å². The molecule has 0 saturated carbocycles. The molecule has 0 N–H and O–H groups in total. The van der Waals surface area contributed by atoms with Crippen molar-refractivity contribution in [2.75, 3.05) is 0 Å². The monoisotopic (exact) mass is 124 g/mol. The molecule has 0 aliphatic rings. The predicted octanol–water partition coefficient (Wildman–Crippen LogP) is 1.36. The smallest absolute Gasteiger partial charge is 0.542 e. The van der Waals surface area contributed by atoms with E-state index >= 15 is 0 Å². The van der Waals surface area contributed by atoms with Gasteiger partial charge in [-0.2, -0.15) is 12.8 Å². The topological polar surface area (TPSA) is 17.1 Å². The third-order valence-corrected chi connectivity index (χ3v) is 0.144. The van der Waals surface area contributed by atoms with Crippen molar-refractivity contribution in [3.8, 4) is 0 Å². The van der Waals surface area contributed by atoms with E-state index in [0.29, 0.717) is 6.42 Å². The van der Waals surface area contributed by atoms with Crippen molar-refractivity contribution in [1.29, 1.82) is 0 Å². The van der Waals surface area contributed by atoms with E-state index in [2.05, 4.69) is 6.92 Å². The summed E-state index contributed by atoms with van der Waals surface area (Å²) in [5, 5.41) is 0. The van der Waals surface area contributed by atoms with Gasteiger partial charge in [0.2, 0.25) is 0 Å². The summed E-state index contributed by atoms with van der Waals surface area (Å²) in [5.41, 5.74) is 0. The molecule has 0 heterocycles. The molecule has 0 bridgehead atoms. The van der Waals surface area contributed by atoms with Gasteiger partial charge in [0.05, 0.1) is 0 Å². The zero-order valence-electron chi connectivity index (χ0n) is 5.74. The minimum Gasteiger partial charge on any atom is -0.542 e. The van der Waals surface area contributed by atoms with Gasteiger partial charge in [-0.1, -0.05) is 13.8 Å². The molecule has 0 aliphatic carbocycles. The summed E-state index contributed by atoms with van der Waals surface area (Å²) in [4.78, 5) is 9.05. The van der Waals surface area contributed by atoms with E-state index in [1.807, 2.05) is 6.92 Å². The van der Waals surface area contributed by atoms with Gasteiger partial charge in [-0.15, -0.1) is 0 Å². The molecule has 0 aromatic rings. The van der Waals surface area contributed by atoms with E-state index in [1.165, 1.54) is 0 Å². The number of rotatable bonds is 1. The van der Waals surface area contributed by atoms with Crippen molar-refractivity contribution in [2.45, 2.75) is 26.7 Å². The van der Waals surface area contributed by atoms with Gasteiger partial charge in [-0.25, -0.2) is 0 Å². The van der Waals surface area contributed by atoms with Crippen LogP contribution in [0.4, 0.5) is 0 Å². The van der Waals surface area contributed by atoms with E-state index in [4.69, 9.17) is 4.79 Å². The molecule has 0 spiro atoms. The van der Waals surface area contributed by atoms with Gasteiger partial charge in [0.15, 0.2) is 0 Å². The fraction of sp³-hybridized carbons (Fsp3) is 0.667. The van der Waals surface area contributed by atoms with Gasteiger partial charge in [0.1, 0.15) is 0 Å². The van der Waals surface area contributed by atoms with E-state index in [0.717, 1.165) is 6.42 Å². The van der Waals surface area contributed by atoms with E-state index < -0.39 is 0 Å². The minimum absolute atomic E-state index is 0. The first-order valence-electron chi connectivity index (χ1n) is 2.47. The van der Waals surface area contributed by atoms with Crippen molar-refractivity contribution < 1.29 is 4.79 Å². The third-order valence-electron chi connectivity index (χ3n) is 0.144. The van der Waals surface area contributed by atoms with Crippen molar-refractivity contribution in [3.63, 3.8) is 0 Å². The minimum atomic E-state index is 0. The molecule has 0 amide bonds. The quantitative estimate of drug-likeness (QED) is 0.381.